The van der Waals surface area contributed by atoms with Gasteiger partial charge in [0.25, 0.3) is 0 Å². The minimum atomic E-state index is 0. The molecule has 0 spiro atoms. The molecule has 0 amide bonds. The third-order valence-electron chi connectivity index (χ3n) is 5.41. The van der Waals surface area contributed by atoms with E-state index in [1.165, 1.54) is 55.6 Å². The monoisotopic (exact) mass is 317 g/mol. The fraction of sp³-hybridized carbons (Fsp3) is 0.450. The van der Waals surface area contributed by atoms with Crippen LogP contribution in [0.4, 0.5) is 0 Å². The number of rotatable bonds is 0. The molecule has 0 radical (unpaired) electrons. The van der Waals surface area contributed by atoms with Crippen molar-refractivity contribution >= 4 is 0 Å². The second-order valence-electron chi connectivity index (χ2n) is 6.10. The zero-order valence-corrected chi connectivity index (χ0v) is 16.8. The first-order valence-corrected chi connectivity index (χ1v) is 7.35. The van der Waals surface area contributed by atoms with E-state index in [-0.39, 0.29) is 21.7 Å². The molecule has 2 aromatic carbocycles. The van der Waals surface area contributed by atoms with Gasteiger partial charge in [0.15, 0.2) is 0 Å². The van der Waals surface area contributed by atoms with Crippen molar-refractivity contribution in [3.8, 4) is 0 Å². The van der Waals surface area contributed by atoms with Crippen molar-refractivity contribution in [1.29, 1.82) is 0 Å². The van der Waals surface area contributed by atoms with Crippen LogP contribution in [0, 0.1) is 69.2 Å². The molecule has 0 aromatic heterocycles. The van der Waals surface area contributed by atoms with Crippen molar-refractivity contribution in [2.75, 3.05) is 0 Å². The van der Waals surface area contributed by atoms with E-state index in [4.69, 9.17) is 0 Å². The minimum Gasteiger partial charge on any atom is -0.301 e. The fourth-order valence-corrected chi connectivity index (χ4v) is 2.70. The Balaban J connectivity index is 0.000000364. The van der Waals surface area contributed by atoms with Gasteiger partial charge in [0.05, 0.1) is 0 Å². The Morgan fingerprint density at radius 3 is 0.905 bits per heavy atom. The predicted octanol–water partition coefficient (Wildman–Crippen LogP) is 5.77. The third-order valence-corrected chi connectivity index (χ3v) is 5.41. The summed E-state index contributed by atoms with van der Waals surface area (Å²) in [7, 11) is 0. The van der Waals surface area contributed by atoms with E-state index in [0.29, 0.717) is 0 Å². The van der Waals surface area contributed by atoms with Gasteiger partial charge in [0, 0.05) is 21.7 Å². The van der Waals surface area contributed by atoms with Gasteiger partial charge in [-0.15, -0.1) is 27.7 Å². The Hall–Kier alpha value is -0.716. The zero-order valence-electron chi connectivity index (χ0n) is 15.2. The van der Waals surface area contributed by atoms with Crippen molar-refractivity contribution in [3.05, 3.63) is 62.6 Å². The van der Waals surface area contributed by atoms with Crippen molar-refractivity contribution < 1.29 is 21.7 Å². The van der Waals surface area contributed by atoms with Crippen LogP contribution in [0.5, 0.6) is 0 Å². The number of hydrogen-bond donors (Lipinski definition) is 0. The molecule has 2 aromatic rings. The molecule has 0 aliphatic rings. The van der Waals surface area contributed by atoms with Crippen molar-refractivity contribution in [3.63, 3.8) is 0 Å². The average molecular weight is 317 g/mol. The van der Waals surface area contributed by atoms with Gasteiger partial charge < -0.3 is 5.56 Å². The summed E-state index contributed by atoms with van der Waals surface area (Å²) in [5.74, 6) is 0. The Morgan fingerprint density at radius 2 is 0.810 bits per heavy atom. The first kappa shape index (κ1) is 20.3. The topological polar surface area (TPSA) is 0 Å². The molecule has 0 aliphatic heterocycles. The van der Waals surface area contributed by atoms with Crippen molar-refractivity contribution in [2.45, 2.75) is 62.3 Å². The van der Waals surface area contributed by atoms with Crippen LogP contribution in [-0.2, 0) is 21.7 Å². The van der Waals surface area contributed by atoms with Crippen LogP contribution in [0.2, 0.25) is 0 Å². The van der Waals surface area contributed by atoms with Crippen molar-refractivity contribution in [2.24, 2.45) is 0 Å². The molecule has 0 fully saturated rings. The van der Waals surface area contributed by atoms with E-state index in [0.717, 1.165) is 0 Å². The van der Waals surface area contributed by atoms with E-state index in [1.54, 1.807) is 0 Å². The van der Waals surface area contributed by atoms with Crippen LogP contribution >= 0.6 is 0 Å². The van der Waals surface area contributed by atoms with Gasteiger partial charge in [0.2, 0.25) is 0 Å². The molecular formula is C20H29Ti-3. The molecule has 0 unspecified atom stereocenters. The van der Waals surface area contributed by atoms with E-state index >= 15 is 0 Å². The quantitative estimate of drug-likeness (QED) is 0.427. The second kappa shape index (κ2) is 7.52. The standard InChI is InChI=1S/C10H15.C10H14.Ti/c2*1-6-7(2)9(4)10(5)8(6)3;/h1-5H3;1H2,2-5H3;/q-1;-2;. The van der Waals surface area contributed by atoms with E-state index < -0.39 is 0 Å². The SMILES string of the molecule is Cc1c(C)c(C)[c-](C)c1C.[CH2-][c-]1c(C)c(C)c(C)c1C.[Ti]. The first-order chi connectivity index (χ1) is 9.11. The first-order valence-electron chi connectivity index (χ1n) is 7.35. The molecule has 116 valence electrons. The van der Waals surface area contributed by atoms with Crippen LogP contribution in [0.15, 0.2) is 0 Å². The Kier molecular flexibility index (Phi) is 7.26. The van der Waals surface area contributed by atoms with Crippen molar-refractivity contribution in [1.82, 2.24) is 0 Å². The molecule has 0 bridgehead atoms. The minimum absolute atomic E-state index is 0. The molecule has 0 heterocycles. The smallest absolute Gasteiger partial charge is 0 e. The van der Waals surface area contributed by atoms with Gasteiger partial charge in [-0.25, -0.2) is 0 Å². The average Bonchev–Trinajstić information content (AvgIpc) is 2.71. The molecule has 0 nitrogen and oxygen atoms in total. The Labute approximate surface area is 146 Å². The van der Waals surface area contributed by atoms with Crippen LogP contribution in [0.1, 0.15) is 55.6 Å². The fourth-order valence-electron chi connectivity index (χ4n) is 2.70. The Morgan fingerprint density at radius 1 is 0.571 bits per heavy atom. The summed E-state index contributed by atoms with van der Waals surface area (Å²) < 4.78 is 0. The summed E-state index contributed by atoms with van der Waals surface area (Å²) in [5.41, 5.74) is 14.1. The molecular weight excluding hydrogens is 288 g/mol. The summed E-state index contributed by atoms with van der Waals surface area (Å²) in [6, 6.07) is 0. The molecule has 2 rings (SSSR count). The maximum atomic E-state index is 4.00. The maximum Gasteiger partial charge on any atom is 0 e. The van der Waals surface area contributed by atoms with Crippen LogP contribution < -0.4 is 0 Å². The maximum absolute atomic E-state index is 4.00. The van der Waals surface area contributed by atoms with Gasteiger partial charge in [-0.05, 0) is 0 Å². The predicted molar refractivity (Wildman–Crippen MR) is 91.2 cm³/mol. The molecule has 0 aliphatic carbocycles. The van der Waals surface area contributed by atoms with Crippen LogP contribution in [-0.4, -0.2) is 0 Å². The van der Waals surface area contributed by atoms with E-state index in [2.05, 4.69) is 69.2 Å². The van der Waals surface area contributed by atoms with Crippen LogP contribution in [0.3, 0.4) is 0 Å². The third kappa shape index (κ3) is 3.73. The van der Waals surface area contributed by atoms with Gasteiger partial charge in [0.1, 0.15) is 0 Å². The Bertz CT molecular complexity index is 404. The molecule has 21 heavy (non-hydrogen) atoms. The zero-order chi connectivity index (χ0) is 15.8. The molecule has 1 heteroatoms. The van der Waals surface area contributed by atoms with Gasteiger partial charge in [-0.1, -0.05) is 34.6 Å². The number of hydrogen-bond acceptors (Lipinski definition) is 0. The van der Waals surface area contributed by atoms with E-state index in [1.807, 2.05) is 0 Å². The molecule has 0 saturated heterocycles. The van der Waals surface area contributed by atoms with Crippen LogP contribution in [0.25, 0.3) is 0 Å². The summed E-state index contributed by atoms with van der Waals surface area (Å²) in [6.45, 7) is 23.6. The normalized spacial score (nSPS) is 9.95. The molecule has 0 saturated carbocycles. The summed E-state index contributed by atoms with van der Waals surface area (Å²) in [5, 5.41) is 0. The van der Waals surface area contributed by atoms with Gasteiger partial charge in [-0.3, -0.25) is 29.2 Å². The van der Waals surface area contributed by atoms with Gasteiger partial charge in [-0.2, -0.15) is 27.8 Å². The van der Waals surface area contributed by atoms with E-state index in [9.17, 15) is 0 Å². The summed E-state index contributed by atoms with van der Waals surface area (Å²) in [4.78, 5) is 0. The largest absolute Gasteiger partial charge is 0.301 e. The molecule has 0 atom stereocenters. The summed E-state index contributed by atoms with van der Waals surface area (Å²) in [6.07, 6.45) is 0. The van der Waals surface area contributed by atoms with Gasteiger partial charge >= 0.3 is 0 Å². The summed E-state index contributed by atoms with van der Waals surface area (Å²) >= 11 is 0. The second-order valence-corrected chi connectivity index (χ2v) is 6.10. The molecule has 0 N–H and O–H groups in total.